The SMILES string of the molecule is O=C(NC1=NCCS1)c1csc(-c2ccco2)n1. The molecule has 0 fully saturated rings. The first-order valence-electron chi connectivity index (χ1n) is 5.31. The van der Waals surface area contributed by atoms with Crippen molar-refractivity contribution in [3.05, 3.63) is 29.5 Å². The van der Waals surface area contributed by atoms with Gasteiger partial charge in [-0.3, -0.25) is 15.1 Å². The number of hydrogen-bond donors (Lipinski definition) is 1. The van der Waals surface area contributed by atoms with Gasteiger partial charge >= 0.3 is 0 Å². The van der Waals surface area contributed by atoms with E-state index in [0.717, 1.165) is 12.3 Å². The molecular formula is C11H9N3O2S2. The number of thioether (sulfide) groups is 1. The molecule has 2 aromatic heterocycles. The zero-order valence-electron chi connectivity index (χ0n) is 9.25. The van der Waals surface area contributed by atoms with Crippen LogP contribution in [0.3, 0.4) is 0 Å². The van der Waals surface area contributed by atoms with Crippen molar-refractivity contribution < 1.29 is 9.21 Å². The number of hydrogen-bond acceptors (Lipinski definition) is 6. The number of nitrogens with zero attached hydrogens (tertiary/aromatic N) is 2. The number of nitrogens with one attached hydrogen (secondary N) is 1. The van der Waals surface area contributed by atoms with Gasteiger partial charge in [-0.2, -0.15) is 0 Å². The fourth-order valence-corrected chi connectivity index (χ4v) is 2.95. The summed E-state index contributed by atoms with van der Waals surface area (Å²) >= 11 is 2.93. The van der Waals surface area contributed by atoms with Gasteiger partial charge in [0.1, 0.15) is 5.69 Å². The van der Waals surface area contributed by atoms with Crippen molar-refractivity contribution in [1.29, 1.82) is 0 Å². The summed E-state index contributed by atoms with van der Waals surface area (Å²) in [6.07, 6.45) is 1.58. The summed E-state index contributed by atoms with van der Waals surface area (Å²) in [5.74, 6) is 1.37. The van der Waals surface area contributed by atoms with Crippen LogP contribution in [0.5, 0.6) is 0 Å². The number of rotatable bonds is 2. The minimum atomic E-state index is -0.225. The van der Waals surface area contributed by atoms with Crippen LogP contribution >= 0.6 is 23.1 Å². The Morgan fingerprint density at radius 3 is 3.17 bits per heavy atom. The number of carbonyl (C=O) groups excluding carboxylic acids is 1. The van der Waals surface area contributed by atoms with E-state index in [1.54, 1.807) is 29.5 Å². The number of thiazole rings is 1. The third-order valence-electron chi connectivity index (χ3n) is 2.27. The summed E-state index contributed by atoms with van der Waals surface area (Å²) in [5.41, 5.74) is 0.390. The molecular weight excluding hydrogens is 270 g/mol. The molecule has 0 aromatic carbocycles. The molecule has 0 saturated carbocycles. The normalized spacial score (nSPS) is 14.6. The van der Waals surface area contributed by atoms with Gasteiger partial charge in [-0.05, 0) is 12.1 Å². The van der Waals surface area contributed by atoms with Gasteiger partial charge in [-0.25, -0.2) is 4.98 Å². The predicted molar refractivity (Wildman–Crippen MR) is 72.0 cm³/mol. The van der Waals surface area contributed by atoms with Crippen LogP contribution in [0.1, 0.15) is 10.5 Å². The molecule has 18 heavy (non-hydrogen) atoms. The van der Waals surface area contributed by atoms with Gasteiger partial charge in [-0.1, -0.05) is 11.8 Å². The van der Waals surface area contributed by atoms with Crippen LogP contribution in [0.2, 0.25) is 0 Å². The zero-order valence-corrected chi connectivity index (χ0v) is 10.9. The molecule has 0 saturated heterocycles. The summed E-state index contributed by atoms with van der Waals surface area (Å²) in [4.78, 5) is 20.3. The Balaban J connectivity index is 1.74. The predicted octanol–water partition coefficient (Wildman–Crippen LogP) is 2.24. The molecule has 0 aliphatic carbocycles. The second-order valence-corrected chi connectivity index (χ2v) is 5.45. The summed E-state index contributed by atoms with van der Waals surface area (Å²) in [7, 11) is 0. The molecule has 92 valence electrons. The monoisotopic (exact) mass is 279 g/mol. The molecule has 0 radical (unpaired) electrons. The lowest BCUT2D eigenvalue weighted by Crippen LogP contribution is -2.27. The maximum atomic E-state index is 11.9. The number of furan rings is 1. The minimum absolute atomic E-state index is 0.225. The highest BCUT2D eigenvalue weighted by Crippen LogP contribution is 2.24. The third kappa shape index (κ3) is 2.32. The van der Waals surface area contributed by atoms with E-state index in [1.807, 2.05) is 6.07 Å². The van der Waals surface area contributed by atoms with Gasteiger partial charge in [0.05, 0.1) is 12.8 Å². The van der Waals surface area contributed by atoms with Crippen LogP contribution < -0.4 is 5.32 Å². The molecule has 0 unspecified atom stereocenters. The fourth-order valence-electron chi connectivity index (χ4n) is 1.46. The maximum absolute atomic E-state index is 11.9. The van der Waals surface area contributed by atoms with Gasteiger partial charge in [0.2, 0.25) is 0 Å². The summed E-state index contributed by atoms with van der Waals surface area (Å²) in [6.45, 7) is 0.759. The second kappa shape index (κ2) is 4.95. The summed E-state index contributed by atoms with van der Waals surface area (Å²) in [5, 5.41) is 5.83. The van der Waals surface area contributed by atoms with Crippen molar-refractivity contribution in [3.8, 4) is 10.8 Å². The molecule has 1 N–H and O–H groups in total. The van der Waals surface area contributed by atoms with Crippen LogP contribution in [0, 0.1) is 0 Å². The van der Waals surface area contributed by atoms with E-state index in [4.69, 9.17) is 4.42 Å². The van der Waals surface area contributed by atoms with E-state index in [0.29, 0.717) is 21.6 Å². The largest absolute Gasteiger partial charge is 0.462 e. The number of amidine groups is 1. The summed E-state index contributed by atoms with van der Waals surface area (Å²) in [6, 6.07) is 3.61. The quantitative estimate of drug-likeness (QED) is 0.915. The smallest absolute Gasteiger partial charge is 0.276 e. The van der Waals surface area contributed by atoms with E-state index in [9.17, 15) is 4.79 Å². The number of amides is 1. The van der Waals surface area contributed by atoms with E-state index >= 15 is 0 Å². The fraction of sp³-hybridized carbons (Fsp3) is 0.182. The molecule has 3 heterocycles. The lowest BCUT2D eigenvalue weighted by molar-refractivity contribution is 0.0974. The number of aliphatic imine (C=N–C) groups is 1. The lowest BCUT2D eigenvalue weighted by atomic mass is 10.4. The van der Waals surface area contributed by atoms with Crippen LogP contribution in [-0.2, 0) is 0 Å². The second-order valence-electron chi connectivity index (χ2n) is 3.50. The highest BCUT2D eigenvalue weighted by atomic mass is 32.2. The lowest BCUT2D eigenvalue weighted by Gasteiger charge is -1.99. The van der Waals surface area contributed by atoms with Gasteiger partial charge < -0.3 is 4.42 Å². The first-order valence-corrected chi connectivity index (χ1v) is 7.17. The van der Waals surface area contributed by atoms with Crippen molar-refractivity contribution in [2.75, 3.05) is 12.3 Å². The van der Waals surface area contributed by atoms with Gasteiger partial charge in [0.15, 0.2) is 15.9 Å². The Bertz CT molecular complexity index is 589. The standard InChI is InChI=1S/C11H9N3O2S2/c15-9(14-11-12-3-5-17-11)7-6-18-10(13-7)8-2-1-4-16-8/h1-2,4,6H,3,5H2,(H,12,14,15). The van der Waals surface area contributed by atoms with E-state index < -0.39 is 0 Å². The molecule has 2 aromatic rings. The topological polar surface area (TPSA) is 67.5 Å². The zero-order chi connectivity index (χ0) is 12.4. The Labute approximate surface area is 111 Å². The number of aromatic nitrogens is 1. The van der Waals surface area contributed by atoms with Crippen molar-refractivity contribution >= 4 is 34.2 Å². The van der Waals surface area contributed by atoms with Crippen LogP contribution in [0.4, 0.5) is 0 Å². The molecule has 0 bridgehead atoms. The van der Waals surface area contributed by atoms with E-state index in [1.165, 1.54) is 11.3 Å². The van der Waals surface area contributed by atoms with E-state index in [-0.39, 0.29) is 5.91 Å². The Hall–Kier alpha value is -1.60. The van der Waals surface area contributed by atoms with Crippen LogP contribution in [0.25, 0.3) is 10.8 Å². The van der Waals surface area contributed by atoms with Crippen molar-refractivity contribution in [3.63, 3.8) is 0 Å². The Morgan fingerprint density at radius 1 is 1.50 bits per heavy atom. The molecule has 1 amide bonds. The average molecular weight is 279 g/mol. The van der Waals surface area contributed by atoms with Crippen LogP contribution in [-0.4, -0.2) is 28.4 Å². The third-order valence-corrected chi connectivity index (χ3v) is 4.02. The van der Waals surface area contributed by atoms with Crippen molar-refractivity contribution in [1.82, 2.24) is 10.3 Å². The molecule has 0 spiro atoms. The van der Waals surface area contributed by atoms with Crippen molar-refractivity contribution in [2.24, 2.45) is 4.99 Å². The molecule has 3 rings (SSSR count). The van der Waals surface area contributed by atoms with Gasteiger partial charge in [-0.15, -0.1) is 11.3 Å². The Kier molecular flexibility index (Phi) is 3.16. The average Bonchev–Trinajstić information content (AvgIpc) is 3.11. The van der Waals surface area contributed by atoms with Crippen LogP contribution in [0.15, 0.2) is 33.2 Å². The summed E-state index contributed by atoms with van der Waals surface area (Å²) < 4.78 is 5.23. The van der Waals surface area contributed by atoms with Gasteiger partial charge in [0, 0.05) is 11.1 Å². The molecule has 5 nitrogen and oxygen atoms in total. The van der Waals surface area contributed by atoms with Gasteiger partial charge in [0.25, 0.3) is 5.91 Å². The minimum Gasteiger partial charge on any atom is -0.462 e. The first-order chi connectivity index (χ1) is 8.83. The van der Waals surface area contributed by atoms with Crippen molar-refractivity contribution in [2.45, 2.75) is 0 Å². The maximum Gasteiger partial charge on any atom is 0.276 e. The highest BCUT2D eigenvalue weighted by molar-refractivity contribution is 8.14. The Morgan fingerprint density at radius 2 is 2.44 bits per heavy atom. The molecule has 1 aliphatic rings. The first kappa shape index (κ1) is 11.5. The molecule has 0 atom stereocenters. The molecule has 7 heteroatoms. The van der Waals surface area contributed by atoms with E-state index in [2.05, 4.69) is 15.3 Å². The highest BCUT2D eigenvalue weighted by Gasteiger charge is 2.16. The molecule has 1 aliphatic heterocycles. The number of carbonyl (C=O) groups is 1.